The Labute approximate surface area is 485 Å². The minimum absolute atomic E-state index is 0.00156. The maximum Gasteiger partial charge on any atom is 0.227 e. The minimum Gasteiger partial charge on any atom is -0.436 e. The van der Waals surface area contributed by atoms with Gasteiger partial charge in [-0.2, -0.15) is 0 Å². The van der Waals surface area contributed by atoms with Crippen molar-refractivity contribution in [2.75, 3.05) is 4.90 Å². The number of oxazole rings is 1. The maximum absolute atomic E-state index is 6.38. The van der Waals surface area contributed by atoms with Gasteiger partial charge in [0, 0.05) is 22.6 Å². The van der Waals surface area contributed by atoms with E-state index in [4.69, 9.17) is 9.40 Å². The highest BCUT2D eigenvalue weighted by atomic mass is 16.3. The highest BCUT2D eigenvalue weighted by molar-refractivity contribution is 5.97. The van der Waals surface area contributed by atoms with Gasteiger partial charge in [-0.15, -0.1) is 0 Å². The molecular formula is C79H72N2O. The van der Waals surface area contributed by atoms with Gasteiger partial charge in [0.05, 0.1) is 10.8 Å². The summed E-state index contributed by atoms with van der Waals surface area (Å²) in [7, 11) is 0. The van der Waals surface area contributed by atoms with Crippen molar-refractivity contribution in [2.24, 2.45) is 0 Å². The number of anilines is 3. The van der Waals surface area contributed by atoms with Gasteiger partial charge in [-0.3, -0.25) is 0 Å². The van der Waals surface area contributed by atoms with E-state index in [1.165, 1.54) is 100 Å². The van der Waals surface area contributed by atoms with E-state index in [0.717, 1.165) is 33.7 Å². The summed E-state index contributed by atoms with van der Waals surface area (Å²) in [5, 5.41) is 0. The van der Waals surface area contributed by atoms with Crippen LogP contribution >= 0.6 is 0 Å². The first-order valence-electron chi connectivity index (χ1n) is 29.4. The quantitative estimate of drug-likeness (QED) is 0.166. The second-order valence-electron chi connectivity index (χ2n) is 27.6. The first kappa shape index (κ1) is 51.6. The minimum atomic E-state index is -0.629. The predicted molar refractivity (Wildman–Crippen MR) is 343 cm³/mol. The van der Waals surface area contributed by atoms with Crippen molar-refractivity contribution < 1.29 is 4.42 Å². The fourth-order valence-electron chi connectivity index (χ4n) is 14.1. The smallest absolute Gasteiger partial charge is 0.227 e. The van der Waals surface area contributed by atoms with Gasteiger partial charge in [-0.25, -0.2) is 4.98 Å². The van der Waals surface area contributed by atoms with Crippen LogP contribution in [0.4, 0.5) is 17.1 Å². The largest absolute Gasteiger partial charge is 0.436 e. The lowest BCUT2D eigenvalue weighted by Gasteiger charge is -2.36. The molecule has 0 atom stereocenters. The molecule has 0 fully saturated rings. The summed E-state index contributed by atoms with van der Waals surface area (Å²) in [6.07, 6.45) is 0. The van der Waals surface area contributed by atoms with E-state index in [9.17, 15) is 0 Å². The zero-order valence-corrected chi connectivity index (χ0v) is 49.6. The molecule has 0 aliphatic heterocycles. The van der Waals surface area contributed by atoms with E-state index >= 15 is 0 Å². The van der Waals surface area contributed by atoms with Crippen LogP contribution in [0.3, 0.4) is 0 Å². The number of rotatable bonds is 6. The number of benzene rings is 10. The maximum atomic E-state index is 6.38. The van der Waals surface area contributed by atoms with E-state index in [-0.39, 0.29) is 21.7 Å². The number of para-hydroxylation sites is 2. The van der Waals surface area contributed by atoms with Crippen LogP contribution in [-0.4, -0.2) is 4.98 Å². The molecule has 0 radical (unpaired) electrons. The average molecular weight is 1070 g/mol. The van der Waals surface area contributed by atoms with Crippen LogP contribution in [0.2, 0.25) is 0 Å². The molecule has 1 spiro atoms. The lowest BCUT2D eigenvalue weighted by Crippen LogP contribution is -2.29. The Kier molecular flexibility index (Phi) is 11.3. The van der Waals surface area contributed by atoms with E-state index in [1.54, 1.807) is 0 Å². The summed E-state index contributed by atoms with van der Waals surface area (Å²) in [6.45, 7) is 27.8. The van der Waals surface area contributed by atoms with Crippen LogP contribution in [0.1, 0.15) is 150 Å². The number of aromatic nitrogens is 1. The Bertz CT molecular complexity index is 4100. The Morgan fingerprint density at radius 2 is 0.707 bits per heavy atom. The Balaban J connectivity index is 1.03. The third-order valence-corrected chi connectivity index (χ3v) is 18.5. The zero-order chi connectivity index (χ0) is 56.9. The Hall–Kier alpha value is -8.53. The topological polar surface area (TPSA) is 29.3 Å². The van der Waals surface area contributed by atoms with Crippen molar-refractivity contribution in [3.63, 3.8) is 0 Å². The standard InChI is InChI=1S/C79H72N2O/c1-74(2,3)50-27-31-52(32-28-50)78(53-33-29-51(30-34-53)75(4,5)6)65-21-15-13-19-59(65)61-41-39-57(47-69(61)78)81(56-37-25-49(26-38-56)73-80-71-23-17-18-24-72(71)82-73)58-40-42-62-60-20-14-16-22-66(60)79(70(62)48-58)67-43-35-54(76(7,8)9)45-63(67)64-46-55(77(10,11)12)36-44-68(64)79/h13-48H,1-12H3. The lowest BCUT2D eigenvalue weighted by atomic mass is 9.67. The van der Waals surface area contributed by atoms with Gasteiger partial charge in [0.15, 0.2) is 5.58 Å². The van der Waals surface area contributed by atoms with E-state index in [1.807, 2.05) is 24.3 Å². The molecule has 0 amide bonds. The molecule has 10 aromatic carbocycles. The van der Waals surface area contributed by atoms with Crippen molar-refractivity contribution in [1.29, 1.82) is 0 Å². The van der Waals surface area contributed by atoms with E-state index in [2.05, 4.69) is 282 Å². The molecule has 0 unspecified atom stereocenters. The molecule has 404 valence electrons. The molecule has 0 saturated carbocycles. The highest BCUT2D eigenvalue weighted by Gasteiger charge is 2.53. The monoisotopic (exact) mass is 1060 g/mol. The molecule has 1 aromatic heterocycles. The average Bonchev–Trinajstić information content (AvgIpc) is 2.31. The molecule has 82 heavy (non-hydrogen) atoms. The summed E-state index contributed by atoms with van der Waals surface area (Å²) < 4.78 is 6.38. The Morgan fingerprint density at radius 1 is 0.317 bits per heavy atom. The number of nitrogens with zero attached hydrogens (tertiary/aromatic N) is 2. The first-order valence-corrected chi connectivity index (χ1v) is 29.4. The molecule has 14 rings (SSSR count). The van der Waals surface area contributed by atoms with Crippen LogP contribution in [0.25, 0.3) is 55.9 Å². The van der Waals surface area contributed by atoms with Gasteiger partial charge >= 0.3 is 0 Å². The van der Waals surface area contributed by atoms with Gasteiger partial charge in [0.25, 0.3) is 0 Å². The highest BCUT2D eigenvalue weighted by Crippen LogP contribution is 2.65. The predicted octanol–water partition coefficient (Wildman–Crippen LogP) is 20.9. The Morgan fingerprint density at radius 3 is 1.18 bits per heavy atom. The second kappa shape index (κ2) is 18.0. The molecule has 0 bridgehead atoms. The molecular weight excluding hydrogens is 993 g/mol. The number of fused-ring (bicyclic) bond motifs is 14. The van der Waals surface area contributed by atoms with Gasteiger partial charge in [0.2, 0.25) is 5.89 Å². The second-order valence-corrected chi connectivity index (χ2v) is 27.6. The molecule has 0 saturated heterocycles. The molecule has 3 aliphatic carbocycles. The van der Waals surface area contributed by atoms with Crippen LogP contribution in [0.5, 0.6) is 0 Å². The molecule has 3 aliphatic rings. The summed E-state index contributed by atoms with van der Waals surface area (Å²) >= 11 is 0. The zero-order valence-electron chi connectivity index (χ0n) is 49.6. The first-order chi connectivity index (χ1) is 39.1. The van der Waals surface area contributed by atoms with E-state index < -0.39 is 10.8 Å². The summed E-state index contributed by atoms with van der Waals surface area (Å²) in [5.41, 5.74) is 27.9. The van der Waals surface area contributed by atoms with Crippen molar-refractivity contribution >= 4 is 28.2 Å². The molecule has 11 aromatic rings. The summed E-state index contributed by atoms with van der Waals surface area (Å²) in [6, 6.07) is 83.5. The molecule has 0 N–H and O–H groups in total. The fourth-order valence-corrected chi connectivity index (χ4v) is 14.1. The normalized spacial score (nSPS) is 14.5. The van der Waals surface area contributed by atoms with Crippen molar-refractivity contribution in [3.05, 3.63) is 285 Å². The number of hydrogen-bond donors (Lipinski definition) is 0. The van der Waals surface area contributed by atoms with Crippen molar-refractivity contribution in [1.82, 2.24) is 4.98 Å². The summed E-state index contributed by atoms with van der Waals surface area (Å²) in [5.74, 6) is 0.606. The van der Waals surface area contributed by atoms with Crippen molar-refractivity contribution in [3.8, 4) is 44.8 Å². The number of hydrogen-bond acceptors (Lipinski definition) is 3. The van der Waals surface area contributed by atoms with Gasteiger partial charge in [0.1, 0.15) is 5.52 Å². The van der Waals surface area contributed by atoms with Gasteiger partial charge in [-0.05, 0) is 182 Å². The van der Waals surface area contributed by atoms with Crippen LogP contribution in [0, 0.1) is 0 Å². The fraction of sp³-hybridized carbons (Fsp3) is 0.228. The van der Waals surface area contributed by atoms with Gasteiger partial charge < -0.3 is 9.32 Å². The third kappa shape index (κ3) is 7.72. The van der Waals surface area contributed by atoms with Crippen molar-refractivity contribution in [2.45, 2.75) is 116 Å². The molecule has 3 heteroatoms. The van der Waals surface area contributed by atoms with Crippen LogP contribution in [-0.2, 0) is 32.5 Å². The van der Waals surface area contributed by atoms with E-state index in [0.29, 0.717) is 5.89 Å². The SMILES string of the molecule is CC(C)(C)c1ccc(C2(c3ccc(C(C)(C)C)cc3)c3ccccc3-c3ccc(N(c4ccc(-c5nc6ccccc6o5)cc4)c4ccc5c(c4)C4(c6ccccc6-5)c5ccc(C(C)(C)C)cc5-c5cc(C(C)(C)C)ccc54)cc32)cc1. The molecule has 3 nitrogen and oxygen atoms in total. The van der Waals surface area contributed by atoms with Crippen LogP contribution in [0.15, 0.2) is 223 Å². The van der Waals surface area contributed by atoms with Crippen LogP contribution < -0.4 is 4.90 Å². The molecule has 1 heterocycles. The lowest BCUT2D eigenvalue weighted by molar-refractivity contribution is 0.588. The third-order valence-electron chi connectivity index (χ3n) is 18.5. The van der Waals surface area contributed by atoms with Gasteiger partial charge in [-0.1, -0.05) is 241 Å². The summed E-state index contributed by atoms with van der Waals surface area (Å²) in [4.78, 5) is 7.43.